The van der Waals surface area contributed by atoms with Crippen molar-refractivity contribution in [1.82, 2.24) is 0 Å². The molecule has 3 heteroatoms. The topological polar surface area (TPSA) is 46.5 Å². The molecule has 0 fully saturated rings. The molecule has 76 valence electrons. The van der Waals surface area contributed by atoms with Crippen molar-refractivity contribution in [3.8, 4) is 5.75 Å². The van der Waals surface area contributed by atoms with Gasteiger partial charge in [0.1, 0.15) is 5.75 Å². The summed E-state index contributed by atoms with van der Waals surface area (Å²) in [6.45, 7) is 2.29. The Morgan fingerprint density at radius 3 is 2.93 bits per heavy atom. The first-order chi connectivity index (χ1) is 6.72. The van der Waals surface area contributed by atoms with Crippen LogP contribution in [0.4, 0.5) is 0 Å². The molecule has 1 N–H and O–H groups in total. The highest BCUT2D eigenvalue weighted by atomic mass is 16.5. The van der Waals surface area contributed by atoms with Crippen LogP contribution < -0.4 is 4.74 Å². The molecule has 0 aromatic heterocycles. The van der Waals surface area contributed by atoms with E-state index in [0.717, 1.165) is 12.2 Å². The molecule has 0 saturated heterocycles. The van der Waals surface area contributed by atoms with Gasteiger partial charge in [-0.15, -0.1) is 0 Å². The van der Waals surface area contributed by atoms with Gasteiger partial charge < -0.3 is 9.84 Å². The molecular formula is C11H14O3. The fourth-order valence-electron chi connectivity index (χ4n) is 1.11. The van der Waals surface area contributed by atoms with Crippen LogP contribution in [0.5, 0.6) is 5.75 Å². The van der Waals surface area contributed by atoms with Crippen LogP contribution in [-0.4, -0.2) is 17.7 Å². The average molecular weight is 194 g/mol. The lowest BCUT2D eigenvalue weighted by Gasteiger charge is -2.05. The second-order valence-electron chi connectivity index (χ2n) is 2.99. The molecule has 0 amide bonds. The summed E-state index contributed by atoms with van der Waals surface area (Å²) < 4.78 is 5.28. The number of aliphatic carboxylic acids is 1. The summed E-state index contributed by atoms with van der Waals surface area (Å²) in [4.78, 5) is 10.2. The number of hydrogen-bond acceptors (Lipinski definition) is 2. The van der Waals surface area contributed by atoms with Crippen LogP contribution in [0.3, 0.4) is 0 Å². The van der Waals surface area contributed by atoms with Gasteiger partial charge in [-0.2, -0.15) is 0 Å². The van der Waals surface area contributed by atoms with Crippen molar-refractivity contribution in [3.63, 3.8) is 0 Å². The van der Waals surface area contributed by atoms with Crippen LogP contribution in [0.2, 0.25) is 0 Å². The Hall–Kier alpha value is -1.51. The number of benzene rings is 1. The molecule has 0 spiro atoms. The van der Waals surface area contributed by atoms with E-state index in [1.54, 1.807) is 0 Å². The Morgan fingerprint density at radius 1 is 1.50 bits per heavy atom. The molecule has 14 heavy (non-hydrogen) atoms. The maximum Gasteiger partial charge on any atom is 0.306 e. The Kier molecular flexibility index (Phi) is 3.98. The predicted octanol–water partition coefficient (Wildman–Crippen LogP) is 2.10. The molecule has 0 bridgehead atoms. The number of hydrogen-bond donors (Lipinski definition) is 1. The maximum atomic E-state index is 10.2. The van der Waals surface area contributed by atoms with Crippen LogP contribution in [-0.2, 0) is 11.2 Å². The zero-order valence-electron chi connectivity index (χ0n) is 8.19. The third kappa shape index (κ3) is 3.47. The van der Waals surface area contributed by atoms with E-state index in [-0.39, 0.29) is 13.0 Å². The Morgan fingerprint density at radius 2 is 2.29 bits per heavy atom. The zero-order chi connectivity index (χ0) is 10.4. The highest BCUT2D eigenvalue weighted by Crippen LogP contribution is 2.13. The van der Waals surface area contributed by atoms with E-state index in [0.29, 0.717) is 0 Å². The number of aryl methyl sites for hydroxylation is 1. The molecule has 0 unspecified atom stereocenters. The smallest absolute Gasteiger partial charge is 0.306 e. The van der Waals surface area contributed by atoms with Crippen LogP contribution in [0, 0.1) is 0 Å². The lowest BCUT2D eigenvalue weighted by atomic mass is 10.2. The van der Waals surface area contributed by atoms with Gasteiger partial charge >= 0.3 is 5.97 Å². The molecule has 0 saturated carbocycles. The second kappa shape index (κ2) is 5.27. The minimum atomic E-state index is -0.836. The predicted molar refractivity (Wildman–Crippen MR) is 53.6 cm³/mol. The van der Waals surface area contributed by atoms with E-state index in [2.05, 4.69) is 6.92 Å². The first kappa shape index (κ1) is 10.6. The number of ether oxygens (including phenoxy) is 1. The first-order valence-electron chi connectivity index (χ1n) is 4.66. The van der Waals surface area contributed by atoms with E-state index in [1.165, 1.54) is 5.56 Å². The summed E-state index contributed by atoms with van der Waals surface area (Å²) >= 11 is 0. The van der Waals surface area contributed by atoms with Gasteiger partial charge in [0, 0.05) is 0 Å². The molecule has 1 rings (SSSR count). The molecule has 0 aliphatic rings. The van der Waals surface area contributed by atoms with Crippen LogP contribution in [0.25, 0.3) is 0 Å². The van der Waals surface area contributed by atoms with E-state index in [9.17, 15) is 4.79 Å². The summed E-state index contributed by atoms with van der Waals surface area (Å²) in [5, 5.41) is 8.41. The van der Waals surface area contributed by atoms with Gasteiger partial charge in [-0.1, -0.05) is 19.1 Å². The second-order valence-corrected chi connectivity index (χ2v) is 2.99. The van der Waals surface area contributed by atoms with Crippen LogP contribution >= 0.6 is 0 Å². The van der Waals surface area contributed by atoms with Gasteiger partial charge in [0.2, 0.25) is 0 Å². The largest absolute Gasteiger partial charge is 0.493 e. The molecule has 3 nitrogen and oxygen atoms in total. The molecule has 0 aliphatic heterocycles. The lowest BCUT2D eigenvalue weighted by Crippen LogP contribution is -2.04. The van der Waals surface area contributed by atoms with Gasteiger partial charge in [-0.05, 0) is 24.1 Å². The van der Waals surface area contributed by atoms with E-state index in [4.69, 9.17) is 9.84 Å². The van der Waals surface area contributed by atoms with Crippen molar-refractivity contribution < 1.29 is 14.6 Å². The first-order valence-corrected chi connectivity index (χ1v) is 4.66. The lowest BCUT2D eigenvalue weighted by molar-refractivity contribution is -0.137. The number of rotatable bonds is 5. The molecule has 1 aromatic carbocycles. The number of carboxylic acids is 1. The number of carboxylic acid groups (broad SMARTS) is 1. The monoisotopic (exact) mass is 194 g/mol. The van der Waals surface area contributed by atoms with Crippen molar-refractivity contribution in [1.29, 1.82) is 0 Å². The molecule has 0 atom stereocenters. The zero-order valence-corrected chi connectivity index (χ0v) is 8.19. The highest BCUT2D eigenvalue weighted by molar-refractivity contribution is 5.66. The average Bonchev–Trinajstić information content (AvgIpc) is 2.18. The van der Waals surface area contributed by atoms with E-state index < -0.39 is 5.97 Å². The third-order valence-corrected chi connectivity index (χ3v) is 1.89. The quantitative estimate of drug-likeness (QED) is 0.780. The summed E-state index contributed by atoms with van der Waals surface area (Å²) in [5.41, 5.74) is 1.19. The molecule has 0 aliphatic carbocycles. The summed E-state index contributed by atoms with van der Waals surface area (Å²) in [7, 11) is 0. The van der Waals surface area contributed by atoms with Crippen molar-refractivity contribution in [3.05, 3.63) is 29.8 Å². The van der Waals surface area contributed by atoms with Crippen molar-refractivity contribution in [2.24, 2.45) is 0 Å². The highest BCUT2D eigenvalue weighted by Gasteiger charge is 1.98. The summed E-state index contributed by atoms with van der Waals surface area (Å²) in [6, 6.07) is 7.70. The Balaban J connectivity index is 2.46. The normalized spacial score (nSPS) is 9.79. The van der Waals surface area contributed by atoms with Crippen molar-refractivity contribution in [2.75, 3.05) is 6.61 Å². The fraction of sp³-hybridized carbons (Fsp3) is 0.364. The maximum absolute atomic E-state index is 10.2. The van der Waals surface area contributed by atoms with E-state index >= 15 is 0 Å². The Bertz CT molecular complexity index is 307. The minimum absolute atomic E-state index is 0.0380. The molecule has 0 heterocycles. The van der Waals surface area contributed by atoms with Gasteiger partial charge in [-0.25, -0.2) is 0 Å². The minimum Gasteiger partial charge on any atom is -0.493 e. The molecular weight excluding hydrogens is 180 g/mol. The van der Waals surface area contributed by atoms with Crippen LogP contribution in [0.1, 0.15) is 18.9 Å². The van der Waals surface area contributed by atoms with Crippen molar-refractivity contribution >= 4 is 5.97 Å². The standard InChI is InChI=1S/C11H14O3/c1-2-9-4-3-5-10(8-9)14-7-6-11(12)13/h3-5,8H,2,6-7H2,1H3,(H,12,13). The van der Waals surface area contributed by atoms with Crippen LogP contribution in [0.15, 0.2) is 24.3 Å². The molecule has 1 aromatic rings. The summed E-state index contributed by atoms with van der Waals surface area (Å²) in [5.74, 6) is -0.0951. The SMILES string of the molecule is CCc1cccc(OCCC(=O)O)c1. The van der Waals surface area contributed by atoms with Crippen molar-refractivity contribution in [2.45, 2.75) is 19.8 Å². The number of carbonyl (C=O) groups is 1. The Labute approximate surface area is 83.3 Å². The van der Waals surface area contributed by atoms with Gasteiger partial charge in [0.25, 0.3) is 0 Å². The summed E-state index contributed by atoms with van der Waals surface area (Å²) in [6.07, 6.45) is 0.993. The van der Waals surface area contributed by atoms with Gasteiger partial charge in [0.05, 0.1) is 13.0 Å². The fourth-order valence-corrected chi connectivity index (χ4v) is 1.11. The van der Waals surface area contributed by atoms with Gasteiger partial charge in [-0.3, -0.25) is 4.79 Å². The third-order valence-electron chi connectivity index (χ3n) is 1.89. The molecule has 0 radical (unpaired) electrons. The van der Waals surface area contributed by atoms with Gasteiger partial charge in [0.15, 0.2) is 0 Å². The van der Waals surface area contributed by atoms with E-state index in [1.807, 2.05) is 24.3 Å².